The molecular formula is C11H14F3N5O. The monoisotopic (exact) mass is 289 g/mol. The number of anilines is 2. The summed E-state index contributed by atoms with van der Waals surface area (Å²) in [4.78, 5) is 19.4. The molecule has 1 aliphatic heterocycles. The number of carbonyl (C=O) groups is 1. The summed E-state index contributed by atoms with van der Waals surface area (Å²) in [5.41, 5.74) is 10.6. The molecule has 0 aromatic carbocycles. The largest absolute Gasteiger partial charge is 0.451 e. The van der Waals surface area contributed by atoms with Gasteiger partial charge in [-0.05, 0) is 12.8 Å². The molecule has 0 spiro atoms. The first kappa shape index (κ1) is 14.4. The molecule has 1 aliphatic rings. The number of nitrogens with zero attached hydrogens (tertiary/aromatic N) is 3. The fraction of sp³-hybridized carbons (Fsp3) is 0.545. The highest BCUT2D eigenvalue weighted by Crippen LogP contribution is 2.29. The first-order valence-corrected chi connectivity index (χ1v) is 6.03. The molecule has 1 aromatic heterocycles. The van der Waals surface area contributed by atoms with Crippen LogP contribution in [0.15, 0.2) is 6.07 Å². The van der Waals surface area contributed by atoms with Gasteiger partial charge in [0.1, 0.15) is 11.6 Å². The zero-order chi connectivity index (χ0) is 14.9. The molecule has 0 radical (unpaired) electrons. The highest BCUT2D eigenvalue weighted by molar-refractivity contribution is 5.77. The van der Waals surface area contributed by atoms with Gasteiger partial charge in [0.05, 0.1) is 0 Å². The molecule has 6 nitrogen and oxygen atoms in total. The van der Waals surface area contributed by atoms with E-state index in [1.165, 1.54) is 6.07 Å². The molecule has 1 fully saturated rings. The summed E-state index contributed by atoms with van der Waals surface area (Å²) >= 11 is 0. The third-order valence-electron chi connectivity index (χ3n) is 3.21. The van der Waals surface area contributed by atoms with Gasteiger partial charge in [-0.1, -0.05) is 0 Å². The molecule has 2 heterocycles. The highest BCUT2D eigenvalue weighted by Gasteiger charge is 2.36. The van der Waals surface area contributed by atoms with Crippen LogP contribution in [0.1, 0.15) is 18.7 Å². The van der Waals surface area contributed by atoms with Crippen molar-refractivity contribution in [2.24, 2.45) is 11.7 Å². The number of carbonyl (C=O) groups excluding carboxylic acids is 1. The van der Waals surface area contributed by atoms with Crippen LogP contribution >= 0.6 is 0 Å². The number of piperidine rings is 1. The number of nitrogen functional groups attached to an aromatic ring is 1. The number of nitrogens with two attached hydrogens (primary N) is 2. The van der Waals surface area contributed by atoms with Gasteiger partial charge in [-0.25, -0.2) is 9.97 Å². The maximum Gasteiger partial charge on any atom is 0.451 e. The van der Waals surface area contributed by atoms with Crippen LogP contribution in [0.2, 0.25) is 0 Å². The number of rotatable bonds is 2. The van der Waals surface area contributed by atoms with E-state index in [0.717, 1.165) is 0 Å². The summed E-state index contributed by atoms with van der Waals surface area (Å²) < 4.78 is 37.9. The Morgan fingerprint density at radius 2 is 1.90 bits per heavy atom. The van der Waals surface area contributed by atoms with Crippen molar-refractivity contribution in [3.8, 4) is 0 Å². The van der Waals surface area contributed by atoms with Gasteiger partial charge in [-0.2, -0.15) is 13.2 Å². The molecule has 0 aliphatic carbocycles. The van der Waals surface area contributed by atoms with Crippen LogP contribution < -0.4 is 16.4 Å². The van der Waals surface area contributed by atoms with Gasteiger partial charge < -0.3 is 16.4 Å². The Bertz CT molecular complexity index is 511. The average molecular weight is 289 g/mol. The number of halogens is 3. The lowest BCUT2D eigenvalue weighted by molar-refractivity contribution is -0.144. The Hall–Kier alpha value is -2.06. The second-order valence-electron chi connectivity index (χ2n) is 4.64. The molecule has 1 saturated heterocycles. The molecule has 20 heavy (non-hydrogen) atoms. The number of hydrogen-bond donors (Lipinski definition) is 2. The molecule has 0 atom stereocenters. The molecule has 0 saturated carbocycles. The second kappa shape index (κ2) is 5.14. The van der Waals surface area contributed by atoms with Gasteiger partial charge >= 0.3 is 6.18 Å². The van der Waals surface area contributed by atoms with E-state index >= 15 is 0 Å². The van der Waals surface area contributed by atoms with Crippen LogP contribution in [0.5, 0.6) is 0 Å². The van der Waals surface area contributed by atoms with E-state index < -0.39 is 12.0 Å². The number of aromatic nitrogens is 2. The molecule has 0 unspecified atom stereocenters. The molecule has 110 valence electrons. The van der Waals surface area contributed by atoms with Gasteiger partial charge in [0, 0.05) is 25.1 Å². The lowest BCUT2D eigenvalue weighted by Gasteiger charge is -2.31. The van der Waals surface area contributed by atoms with Gasteiger partial charge in [-0.3, -0.25) is 4.79 Å². The predicted octanol–water partition coefficient (Wildman–Crippen LogP) is 0.779. The third-order valence-corrected chi connectivity index (χ3v) is 3.21. The summed E-state index contributed by atoms with van der Waals surface area (Å²) in [6.07, 6.45) is -3.67. The van der Waals surface area contributed by atoms with Crippen molar-refractivity contribution in [3.63, 3.8) is 0 Å². The first-order valence-electron chi connectivity index (χ1n) is 6.03. The first-order chi connectivity index (χ1) is 9.27. The minimum absolute atomic E-state index is 0.118. The Morgan fingerprint density at radius 3 is 2.40 bits per heavy atom. The Kier molecular flexibility index (Phi) is 3.69. The summed E-state index contributed by atoms with van der Waals surface area (Å²) in [5.74, 6) is -2.01. The van der Waals surface area contributed by atoms with Gasteiger partial charge in [-0.15, -0.1) is 0 Å². The third kappa shape index (κ3) is 3.09. The Morgan fingerprint density at radius 1 is 1.30 bits per heavy atom. The summed E-state index contributed by atoms with van der Waals surface area (Å²) in [5, 5.41) is 0. The maximum atomic E-state index is 12.6. The molecule has 9 heteroatoms. The van der Waals surface area contributed by atoms with E-state index in [9.17, 15) is 18.0 Å². The minimum Gasteiger partial charge on any atom is -0.384 e. The van der Waals surface area contributed by atoms with Crippen molar-refractivity contribution in [2.75, 3.05) is 23.7 Å². The summed E-state index contributed by atoms with van der Waals surface area (Å²) in [7, 11) is 0. The van der Waals surface area contributed by atoms with Crippen molar-refractivity contribution in [3.05, 3.63) is 11.9 Å². The smallest absolute Gasteiger partial charge is 0.384 e. The van der Waals surface area contributed by atoms with Crippen molar-refractivity contribution < 1.29 is 18.0 Å². The summed E-state index contributed by atoms with van der Waals surface area (Å²) in [6.45, 7) is 0.808. The van der Waals surface area contributed by atoms with Crippen molar-refractivity contribution in [2.45, 2.75) is 19.0 Å². The van der Waals surface area contributed by atoms with E-state index in [-0.39, 0.29) is 23.5 Å². The van der Waals surface area contributed by atoms with Crippen LogP contribution in [0, 0.1) is 5.92 Å². The van der Waals surface area contributed by atoms with Crippen molar-refractivity contribution in [1.29, 1.82) is 0 Å². The minimum atomic E-state index is -4.64. The lowest BCUT2D eigenvalue weighted by atomic mass is 9.96. The van der Waals surface area contributed by atoms with Crippen molar-refractivity contribution >= 4 is 17.5 Å². The average Bonchev–Trinajstić information content (AvgIpc) is 2.37. The second-order valence-corrected chi connectivity index (χ2v) is 4.64. The number of alkyl halides is 3. The maximum absolute atomic E-state index is 12.6. The van der Waals surface area contributed by atoms with Crippen LogP contribution in [0.3, 0.4) is 0 Å². The van der Waals surface area contributed by atoms with E-state index in [4.69, 9.17) is 11.5 Å². The van der Waals surface area contributed by atoms with Gasteiger partial charge in [0.25, 0.3) is 0 Å². The van der Waals surface area contributed by atoms with Crippen LogP contribution in [0.25, 0.3) is 0 Å². The fourth-order valence-corrected chi connectivity index (χ4v) is 2.13. The van der Waals surface area contributed by atoms with E-state index in [1.807, 2.05) is 0 Å². The topological polar surface area (TPSA) is 98.1 Å². The highest BCUT2D eigenvalue weighted by atomic mass is 19.4. The number of amides is 1. The van der Waals surface area contributed by atoms with E-state index in [1.54, 1.807) is 4.90 Å². The van der Waals surface area contributed by atoms with E-state index in [2.05, 4.69) is 9.97 Å². The van der Waals surface area contributed by atoms with Crippen LogP contribution in [-0.2, 0) is 11.0 Å². The predicted molar refractivity (Wildman–Crippen MR) is 65.6 cm³/mol. The molecule has 4 N–H and O–H groups in total. The standard InChI is InChI=1S/C11H14F3N5O/c12-11(13,14)10-17-7(15)5-8(18-10)19-3-1-6(2-4-19)9(16)20/h5-6H,1-4H2,(H2,16,20)(H2,15,17,18). The summed E-state index contributed by atoms with van der Waals surface area (Å²) in [6, 6.07) is 1.29. The number of hydrogen-bond acceptors (Lipinski definition) is 5. The van der Waals surface area contributed by atoms with Gasteiger partial charge in [0.2, 0.25) is 11.7 Å². The molecule has 2 rings (SSSR count). The zero-order valence-electron chi connectivity index (χ0n) is 10.5. The normalized spacial score (nSPS) is 17.2. The Balaban J connectivity index is 2.18. The molecule has 1 amide bonds. The van der Waals surface area contributed by atoms with E-state index in [0.29, 0.717) is 25.9 Å². The molecular weight excluding hydrogens is 275 g/mol. The molecule has 1 aromatic rings. The SMILES string of the molecule is NC(=O)C1CCN(c2cc(N)nc(C(F)(F)F)n2)CC1. The van der Waals surface area contributed by atoms with Crippen molar-refractivity contribution in [1.82, 2.24) is 9.97 Å². The van der Waals surface area contributed by atoms with Crippen LogP contribution in [0.4, 0.5) is 24.8 Å². The fourth-order valence-electron chi connectivity index (χ4n) is 2.13. The number of primary amides is 1. The van der Waals surface area contributed by atoms with Gasteiger partial charge in [0.15, 0.2) is 0 Å². The van der Waals surface area contributed by atoms with Crippen LogP contribution in [-0.4, -0.2) is 29.0 Å². The Labute approximate surface area is 113 Å². The zero-order valence-corrected chi connectivity index (χ0v) is 10.5. The quantitative estimate of drug-likeness (QED) is 0.838. The lowest BCUT2D eigenvalue weighted by Crippen LogP contribution is -2.39. The molecule has 0 bridgehead atoms.